The summed E-state index contributed by atoms with van der Waals surface area (Å²) in [5.74, 6) is 0. The van der Waals surface area contributed by atoms with Crippen molar-refractivity contribution in [3.8, 4) is 0 Å². The van der Waals surface area contributed by atoms with Crippen molar-refractivity contribution in [2.45, 2.75) is 38.6 Å². The molecular formula is C14H23NO. The molecule has 0 aromatic heterocycles. The minimum atomic E-state index is 0.184. The Bertz CT molecular complexity index is 295. The maximum atomic E-state index is 8.92. The SMILES string of the molecule is CC(CO)NCCC(C)(C)c1ccccc1. The third-order valence-electron chi connectivity index (χ3n) is 3.07. The number of hydrogen-bond donors (Lipinski definition) is 2. The number of aliphatic hydroxyl groups is 1. The quantitative estimate of drug-likeness (QED) is 0.772. The molecule has 0 aliphatic heterocycles. The molecule has 2 N–H and O–H groups in total. The van der Waals surface area contributed by atoms with Gasteiger partial charge in [-0.15, -0.1) is 0 Å². The van der Waals surface area contributed by atoms with E-state index in [1.165, 1.54) is 5.56 Å². The lowest BCUT2D eigenvalue weighted by molar-refractivity contribution is 0.248. The van der Waals surface area contributed by atoms with Crippen molar-refractivity contribution in [2.75, 3.05) is 13.2 Å². The highest BCUT2D eigenvalue weighted by molar-refractivity contribution is 5.23. The average Bonchev–Trinajstić information content (AvgIpc) is 2.30. The molecule has 0 saturated carbocycles. The molecule has 16 heavy (non-hydrogen) atoms. The van der Waals surface area contributed by atoms with E-state index in [4.69, 9.17) is 5.11 Å². The van der Waals surface area contributed by atoms with Crippen LogP contribution in [0.1, 0.15) is 32.8 Å². The van der Waals surface area contributed by atoms with Crippen LogP contribution in [0.25, 0.3) is 0 Å². The van der Waals surface area contributed by atoms with Crippen molar-refractivity contribution in [1.82, 2.24) is 5.32 Å². The fourth-order valence-corrected chi connectivity index (χ4v) is 1.73. The van der Waals surface area contributed by atoms with E-state index in [1.54, 1.807) is 0 Å². The van der Waals surface area contributed by atoms with Crippen molar-refractivity contribution >= 4 is 0 Å². The first kappa shape index (κ1) is 13.2. The Morgan fingerprint density at radius 2 is 1.88 bits per heavy atom. The van der Waals surface area contributed by atoms with Gasteiger partial charge in [-0.1, -0.05) is 44.2 Å². The summed E-state index contributed by atoms with van der Waals surface area (Å²) in [4.78, 5) is 0. The first-order valence-electron chi connectivity index (χ1n) is 5.96. The van der Waals surface area contributed by atoms with Gasteiger partial charge in [-0.2, -0.15) is 0 Å². The fraction of sp³-hybridized carbons (Fsp3) is 0.571. The van der Waals surface area contributed by atoms with Gasteiger partial charge >= 0.3 is 0 Å². The average molecular weight is 221 g/mol. The molecule has 0 amide bonds. The highest BCUT2D eigenvalue weighted by atomic mass is 16.3. The van der Waals surface area contributed by atoms with Crippen molar-refractivity contribution in [3.63, 3.8) is 0 Å². The molecule has 1 atom stereocenters. The predicted molar refractivity (Wildman–Crippen MR) is 68.6 cm³/mol. The molecule has 1 aromatic rings. The number of aliphatic hydroxyl groups excluding tert-OH is 1. The Hall–Kier alpha value is -0.860. The van der Waals surface area contributed by atoms with E-state index in [9.17, 15) is 0 Å². The van der Waals surface area contributed by atoms with E-state index in [0.29, 0.717) is 0 Å². The van der Waals surface area contributed by atoms with Crippen molar-refractivity contribution < 1.29 is 5.11 Å². The smallest absolute Gasteiger partial charge is 0.0581 e. The maximum Gasteiger partial charge on any atom is 0.0581 e. The minimum absolute atomic E-state index is 0.184. The van der Waals surface area contributed by atoms with Crippen LogP contribution in [-0.2, 0) is 5.41 Å². The molecule has 0 aliphatic rings. The van der Waals surface area contributed by atoms with Crippen LogP contribution in [0.15, 0.2) is 30.3 Å². The van der Waals surface area contributed by atoms with Gasteiger partial charge < -0.3 is 10.4 Å². The third kappa shape index (κ3) is 3.95. The summed E-state index contributed by atoms with van der Waals surface area (Å²) < 4.78 is 0. The standard InChI is InChI=1S/C14H23NO/c1-12(11-16)15-10-9-14(2,3)13-7-5-4-6-8-13/h4-8,12,15-16H,9-11H2,1-3H3. The summed E-state index contributed by atoms with van der Waals surface area (Å²) in [5.41, 5.74) is 1.55. The van der Waals surface area contributed by atoms with E-state index in [1.807, 2.05) is 13.0 Å². The molecule has 90 valence electrons. The van der Waals surface area contributed by atoms with E-state index < -0.39 is 0 Å². The molecular weight excluding hydrogens is 198 g/mol. The van der Waals surface area contributed by atoms with E-state index in [-0.39, 0.29) is 18.1 Å². The first-order chi connectivity index (χ1) is 7.56. The molecule has 2 heteroatoms. The van der Waals surface area contributed by atoms with Gasteiger partial charge in [0.1, 0.15) is 0 Å². The van der Waals surface area contributed by atoms with E-state index >= 15 is 0 Å². The second-order valence-corrected chi connectivity index (χ2v) is 5.04. The van der Waals surface area contributed by atoms with Crippen LogP contribution >= 0.6 is 0 Å². The Morgan fingerprint density at radius 1 is 1.25 bits per heavy atom. The van der Waals surface area contributed by atoms with Gasteiger partial charge in [-0.3, -0.25) is 0 Å². The van der Waals surface area contributed by atoms with Crippen LogP contribution in [0.4, 0.5) is 0 Å². The molecule has 0 fully saturated rings. The highest BCUT2D eigenvalue weighted by Crippen LogP contribution is 2.25. The topological polar surface area (TPSA) is 32.3 Å². The first-order valence-corrected chi connectivity index (χ1v) is 5.96. The van der Waals surface area contributed by atoms with E-state index in [0.717, 1.165) is 13.0 Å². The summed E-state index contributed by atoms with van der Waals surface area (Å²) in [7, 11) is 0. The van der Waals surface area contributed by atoms with Crippen LogP contribution in [0, 0.1) is 0 Å². The summed E-state index contributed by atoms with van der Waals surface area (Å²) in [6, 6.07) is 10.8. The predicted octanol–water partition coefficient (Wildman–Crippen LogP) is 2.32. The van der Waals surface area contributed by atoms with E-state index in [2.05, 4.69) is 43.4 Å². The van der Waals surface area contributed by atoms with Crippen molar-refractivity contribution in [3.05, 3.63) is 35.9 Å². The van der Waals surface area contributed by atoms with Crippen molar-refractivity contribution in [1.29, 1.82) is 0 Å². The lowest BCUT2D eigenvalue weighted by Crippen LogP contribution is -2.33. The number of benzene rings is 1. The Morgan fingerprint density at radius 3 is 2.44 bits per heavy atom. The number of rotatable bonds is 6. The van der Waals surface area contributed by atoms with Crippen molar-refractivity contribution in [2.24, 2.45) is 0 Å². The maximum absolute atomic E-state index is 8.92. The lowest BCUT2D eigenvalue weighted by Gasteiger charge is -2.26. The number of nitrogens with one attached hydrogen (secondary N) is 1. The molecule has 0 saturated heterocycles. The Balaban J connectivity index is 2.46. The largest absolute Gasteiger partial charge is 0.395 e. The van der Waals surface area contributed by atoms with Crippen LogP contribution in [-0.4, -0.2) is 24.3 Å². The zero-order chi connectivity index (χ0) is 12.0. The molecule has 1 unspecified atom stereocenters. The van der Waals surface area contributed by atoms with Gasteiger partial charge in [0.05, 0.1) is 6.61 Å². The molecule has 2 nitrogen and oxygen atoms in total. The van der Waals surface area contributed by atoms with Crippen LogP contribution in [0.2, 0.25) is 0 Å². The zero-order valence-electron chi connectivity index (χ0n) is 10.5. The van der Waals surface area contributed by atoms with Gasteiger partial charge in [-0.05, 0) is 30.9 Å². The molecule has 0 heterocycles. The molecule has 0 aliphatic carbocycles. The van der Waals surface area contributed by atoms with Gasteiger partial charge in [0.25, 0.3) is 0 Å². The summed E-state index contributed by atoms with van der Waals surface area (Å²) >= 11 is 0. The Labute approximate surface area is 98.7 Å². The molecule has 1 aromatic carbocycles. The molecule has 0 spiro atoms. The van der Waals surface area contributed by atoms with Crippen LogP contribution in [0.5, 0.6) is 0 Å². The summed E-state index contributed by atoms with van der Waals surface area (Å²) in [6.45, 7) is 7.64. The summed E-state index contributed by atoms with van der Waals surface area (Å²) in [6.07, 6.45) is 1.07. The highest BCUT2D eigenvalue weighted by Gasteiger charge is 2.19. The molecule has 0 radical (unpaired) electrons. The Kier molecular flexibility index (Phi) is 4.97. The molecule has 0 bridgehead atoms. The zero-order valence-corrected chi connectivity index (χ0v) is 10.5. The fourth-order valence-electron chi connectivity index (χ4n) is 1.73. The lowest BCUT2D eigenvalue weighted by atomic mass is 9.81. The summed E-state index contributed by atoms with van der Waals surface area (Å²) in [5, 5.41) is 12.2. The number of hydrogen-bond acceptors (Lipinski definition) is 2. The van der Waals surface area contributed by atoms with Crippen LogP contribution in [0.3, 0.4) is 0 Å². The van der Waals surface area contributed by atoms with Crippen LogP contribution < -0.4 is 5.32 Å². The second kappa shape index (κ2) is 6.02. The third-order valence-corrected chi connectivity index (χ3v) is 3.07. The van der Waals surface area contributed by atoms with Gasteiger partial charge in [-0.25, -0.2) is 0 Å². The normalized spacial score (nSPS) is 13.8. The van der Waals surface area contributed by atoms with Gasteiger partial charge in [0.2, 0.25) is 0 Å². The minimum Gasteiger partial charge on any atom is -0.395 e. The van der Waals surface area contributed by atoms with Gasteiger partial charge in [0, 0.05) is 6.04 Å². The molecule has 1 rings (SSSR count). The second-order valence-electron chi connectivity index (χ2n) is 5.04. The monoisotopic (exact) mass is 221 g/mol. The van der Waals surface area contributed by atoms with Gasteiger partial charge in [0.15, 0.2) is 0 Å².